The average molecular weight is 537 g/mol. The molecule has 2 atom stereocenters. The van der Waals surface area contributed by atoms with Crippen LogP contribution in [0.5, 0.6) is 0 Å². The van der Waals surface area contributed by atoms with Crippen LogP contribution in [0.4, 0.5) is 13.2 Å². The highest BCUT2D eigenvalue weighted by molar-refractivity contribution is 5.84. The highest BCUT2D eigenvalue weighted by Gasteiger charge is 2.48. The van der Waals surface area contributed by atoms with Crippen LogP contribution in [-0.4, -0.2) is 41.8 Å². The largest absolute Gasteiger partial charge is 0.418 e. The second-order valence-electron chi connectivity index (χ2n) is 11.9. The monoisotopic (exact) mass is 536 g/mol. The van der Waals surface area contributed by atoms with Crippen molar-refractivity contribution < 1.29 is 13.2 Å². The number of nitrogens with one attached hydrogen (secondary N) is 1. The summed E-state index contributed by atoms with van der Waals surface area (Å²) in [6.07, 6.45) is 3.20. The van der Waals surface area contributed by atoms with E-state index in [1.54, 1.807) is 18.5 Å². The van der Waals surface area contributed by atoms with Crippen LogP contribution in [0.2, 0.25) is 0 Å². The highest BCUT2D eigenvalue weighted by atomic mass is 19.4. The van der Waals surface area contributed by atoms with Gasteiger partial charge in [0.2, 0.25) is 0 Å². The zero-order valence-electron chi connectivity index (χ0n) is 22.0. The van der Waals surface area contributed by atoms with Gasteiger partial charge in [-0.25, -0.2) is 0 Å². The van der Waals surface area contributed by atoms with E-state index in [0.717, 1.165) is 54.4 Å². The zero-order chi connectivity index (χ0) is 27.1. The van der Waals surface area contributed by atoms with Crippen LogP contribution in [0.1, 0.15) is 61.7 Å². The number of aromatic amines is 1. The molecule has 0 unspecified atom stereocenters. The number of hydrogen-bond acceptors (Lipinski definition) is 4. The molecule has 0 radical (unpaired) electrons. The average Bonchev–Trinajstić information content (AvgIpc) is 3.37. The molecule has 3 aliphatic rings. The lowest BCUT2D eigenvalue weighted by Gasteiger charge is -2.46. The van der Waals surface area contributed by atoms with Gasteiger partial charge in [0.15, 0.2) is 0 Å². The van der Waals surface area contributed by atoms with Gasteiger partial charge in [0.05, 0.1) is 11.0 Å². The SMILES string of the molecule is CC1CC(c2cccc(-n3cc(C(F)(F)F)c4cc(CN5CCC[C@H]6C[C@H]65)[nH]c4c3=O)c2)(c2nncn2C)C1. The van der Waals surface area contributed by atoms with Crippen molar-refractivity contribution >= 4 is 10.9 Å². The first kappa shape index (κ1) is 24.6. The lowest BCUT2D eigenvalue weighted by Crippen LogP contribution is -2.43. The lowest BCUT2D eigenvalue weighted by molar-refractivity contribution is -0.136. The molecule has 4 aromatic rings. The number of aryl methyl sites for hydroxylation is 1. The molecular formula is C29H31F3N6O. The van der Waals surface area contributed by atoms with E-state index in [1.165, 1.54) is 12.5 Å². The third kappa shape index (κ3) is 3.94. The van der Waals surface area contributed by atoms with E-state index in [-0.39, 0.29) is 10.9 Å². The number of hydrogen-bond donors (Lipinski definition) is 1. The molecule has 1 aliphatic heterocycles. The van der Waals surface area contributed by atoms with Crippen LogP contribution in [0.3, 0.4) is 0 Å². The molecule has 0 amide bonds. The second-order valence-corrected chi connectivity index (χ2v) is 11.9. The number of rotatable bonds is 5. The summed E-state index contributed by atoms with van der Waals surface area (Å²) in [5.74, 6) is 2.01. The van der Waals surface area contributed by atoms with Crippen molar-refractivity contribution in [3.63, 3.8) is 0 Å². The fourth-order valence-electron chi connectivity index (χ4n) is 7.25. The van der Waals surface area contributed by atoms with Crippen molar-refractivity contribution in [1.29, 1.82) is 0 Å². The minimum Gasteiger partial charge on any atom is -0.353 e. The molecule has 39 heavy (non-hydrogen) atoms. The smallest absolute Gasteiger partial charge is 0.353 e. The summed E-state index contributed by atoms with van der Waals surface area (Å²) in [5.41, 5.74) is 0.277. The molecule has 1 N–H and O–H groups in total. The summed E-state index contributed by atoms with van der Waals surface area (Å²) < 4.78 is 46.0. The number of benzene rings is 1. The molecule has 2 aliphatic carbocycles. The third-order valence-electron chi connectivity index (χ3n) is 9.12. The maximum Gasteiger partial charge on any atom is 0.418 e. The molecule has 7 rings (SSSR count). The minimum absolute atomic E-state index is 0.00475. The van der Waals surface area contributed by atoms with Crippen molar-refractivity contribution in [1.82, 2.24) is 29.2 Å². The molecule has 0 bridgehead atoms. The van der Waals surface area contributed by atoms with Crippen molar-refractivity contribution in [3.05, 3.63) is 75.9 Å². The Labute approximate surface area is 223 Å². The Morgan fingerprint density at radius 3 is 2.74 bits per heavy atom. The van der Waals surface area contributed by atoms with Gasteiger partial charge in [0, 0.05) is 42.6 Å². The van der Waals surface area contributed by atoms with Gasteiger partial charge in [-0.05, 0) is 74.2 Å². The fourth-order valence-corrected chi connectivity index (χ4v) is 7.25. The topological polar surface area (TPSA) is 71.7 Å². The van der Waals surface area contributed by atoms with Crippen LogP contribution < -0.4 is 5.56 Å². The van der Waals surface area contributed by atoms with Crippen molar-refractivity contribution in [2.75, 3.05) is 6.54 Å². The van der Waals surface area contributed by atoms with Crippen LogP contribution in [0, 0.1) is 11.8 Å². The molecule has 3 aromatic heterocycles. The van der Waals surface area contributed by atoms with Gasteiger partial charge in [-0.15, -0.1) is 10.2 Å². The first-order valence-corrected chi connectivity index (χ1v) is 13.7. The van der Waals surface area contributed by atoms with Crippen molar-refractivity contribution in [2.24, 2.45) is 18.9 Å². The Morgan fingerprint density at radius 1 is 1.21 bits per heavy atom. The molecule has 7 nitrogen and oxygen atoms in total. The van der Waals surface area contributed by atoms with Crippen LogP contribution in [0.25, 0.3) is 16.6 Å². The number of halogens is 3. The normalized spacial score (nSPS) is 26.9. The van der Waals surface area contributed by atoms with Gasteiger partial charge in [-0.1, -0.05) is 19.1 Å². The Bertz CT molecular complexity index is 1630. The second kappa shape index (κ2) is 8.55. The highest BCUT2D eigenvalue weighted by Crippen LogP contribution is 2.51. The number of pyridine rings is 1. The Morgan fingerprint density at radius 2 is 2.03 bits per heavy atom. The van der Waals surface area contributed by atoms with Crippen LogP contribution in [0.15, 0.2) is 47.7 Å². The summed E-state index contributed by atoms with van der Waals surface area (Å²) in [4.78, 5) is 19.1. The third-order valence-corrected chi connectivity index (χ3v) is 9.12. The van der Waals surface area contributed by atoms with Gasteiger partial charge < -0.3 is 9.55 Å². The summed E-state index contributed by atoms with van der Waals surface area (Å²) in [7, 11) is 1.90. The first-order chi connectivity index (χ1) is 18.6. The van der Waals surface area contributed by atoms with Crippen molar-refractivity contribution in [2.45, 2.75) is 63.2 Å². The summed E-state index contributed by atoms with van der Waals surface area (Å²) in [6.45, 7) is 3.63. The van der Waals surface area contributed by atoms with E-state index in [1.807, 2.05) is 23.7 Å². The number of nitrogens with zero attached hydrogens (tertiary/aromatic N) is 5. The van der Waals surface area contributed by atoms with E-state index in [4.69, 9.17) is 0 Å². The van der Waals surface area contributed by atoms with Gasteiger partial charge in [-0.2, -0.15) is 13.2 Å². The predicted molar refractivity (Wildman–Crippen MR) is 141 cm³/mol. The fraction of sp³-hybridized carbons (Fsp3) is 0.483. The number of aromatic nitrogens is 5. The molecule has 4 heterocycles. The molecule has 204 valence electrons. The standard InChI is InChI=1S/C29H31F3N6O/c1-17-12-28(13-17,27-35-33-16-36(27)2)19-6-3-7-21(10-19)38-15-23(29(30,31)32)22-11-20(34-25(22)26(38)39)14-37-8-4-5-18-9-24(18)37/h3,6-7,10-11,15-18,24,34H,4-5,8-9,12-14H2,1-2H3/t17?,18-,24+,28?/m0/s1. The molecule has 1 aromatic carbocycles. The number of likely N-dealkylation sites (tertiary alicyclic amines) is 1. The van der Waals surface area contributed by atoms with E-state index >= 15 is 0 Å². The summed E-state index contributed by atoms with van der Waals surface area (Å²) in [5, 5.41) is 8.37. The first-order valence-electron chi connectivity index (χ1n) is 13.7. The van der Waals surface area contributed by atoms with Gasteiger partial charge in [-0.3, -0.25) is 14.3 Å². The maximum absolute atomic E-state index is 14.3. The minimum atomic E-state index is -4.61. The van der Waals surface area contributed by atoms with Crippen LogP contribution in [-0.2, 0) is 25.2 Å². The number of fused-ring (bicyclic) bond motifs is 2. The lowest BCUT2D eigenvalue weighted by atomic mass is 9.58. The number of alkyl halides is 3. The molecule has 1 saturated heterocycles. The number of piperidine rings is 1. The molecule has 0 spiro atoms. The predicted octanol–water partition coefficient (Wildman–Crippen LogP) is 5.17. The molecular weight excluding hydrogens is 505 g/mol. The van der Waals surface area contributed by atoms with Crippen molar-refractivity contribution in [3.8, 4) is 5.69 Å². The van der Waals surface area contributed by atoms with Crippen LogP contribution >= 0.6 is 0 Å². The zero-order valence-corrected chi connectivity index (χ0v) is 22.0. The Balaban J connectivity index is 1.33. The van der Waals surface area contributed by atoms with E-state index < -0.39 is 22.7 Å². The summed E-state index contributed by atoms with van der Waals surface area (Å²) >= 11 is 0. The Kier molecular flexibility index (Phi) is 5.40. The van der Waals surface area contributed by atoms with E-state index in [9.17, 15) is 18.0 Å². The molecule has 3 fully saturated rings. The van der Waals surface area contributed by atoms with Gasteiger partial charge in [0.25, 0.3) is 5.56 Å². The van der Waals surface area contributed by atoms with Gasteiger partial charge in [0.1, 0.15) is 17.7 Å². The number of H-pyrrole nitrogens is 1. The summed E-state index contributed by atoms with van der Waals surface area (Å²) in [6, 6.07) is 9.33. The van der Waals surface area contributed by atoms with E-state index in [0.29, 0.717) is 35.8 Å². The van der Waals surface area contributed by atoms with Gasteiger partial charge >= 0.3 is 6.18 Å². The Hall–Kier alpha value is -3.40. The quantitative estimate of drug-likeness (QED) is 0.382. The molecule has 2 saturated carbocycles. The van der Waals surface area contributed by atoms with E-state index in [2.05, 4.69) is 27.0 Å². The molecule has 10 heteroatoms. The maximum atomic E-state index is 14.3.